The molecule has 0 aliphatic rings. The molecule has 0 aliphatic heterocycles. The Balaban J connectivity index is 2.98. The first-order chi connectivity index (χ1) is 8.51. The van der Waals surface area contributed by atoms with Gasteiger partial charge in [0.15, 0.2) is 0 Å². The van der Waals surface area contributed by atoms with Crippen molar-refractivity contribution >= 4 is 11.6 Å². The van der Waals surface area contributed by atoms with Crippen LogP contribution in [0, 0.1) is 13.8 Å². The third-order valence-corrected chi connectivity index (χ3v) is 3.08. The molecule has 1 amide bonds. The van der Waals surface area contributed by atoms with Crippen LogP contribution in [0.3, 0.4) is 0 Å². The number of amides is 1. The Hall–Kier alpha value is -1.55. The standard InChI is InChI=1S/C14H22N2O2/c1-5-16(6-7-18-4)14(17)12-9-13(15)11(3)8-10(12)2/h8-9H,5-7,15H2,1-4H3. The second-order valence-electron chi connectivity index (χ2n) is 4.40. The lowest BCUT2D eigenvalue weighted by molar-refractivity contribution is 0.0706. The van der Waals surface area contributed by atoms with Gasteiger partial charge in [0, 0.05) is 31.5 Å². The fraction of sp³-hybridized carbons (Fsp3) is 0.500. The molecule has 4 nitrogen and oxygen atoms in total. The van der Waals surface area contributed by atoms with Crippen molar-refractivity contribution in [1.29, 1.82) is 0 Å². The summed E-state index contributed by atoms with van der Waals surface area (Å²) in [5, 5.41) is 0. The number of likely N-dealkylation sites (N-methyl/N-ethyl adjacent to an activating group) is 1. The molecule has 0 fully saturated rings. The van der Waals surface area contributed by atoms with Crippen molar-refractivity contribution in [2.24, 2.45) is 0 Å². The van der Waals surface area contributed by atoms with Gasteiger partial charge in [-0.15, -0.1) is 0 Å². The van der Waals surface area contributed by atoms with Crippen molar-refractivity contribution in [3.05, 3.63) is 28.8 Å². The first-order valence-corrected chi connectivity index (χ1v) is 6.16. The summed E-state index contributed by atoms with van der Waals surface area (Å²) in [7, 11) is 1.63. The number of carbonyl (C=O) groups is 1. The Morgan fingerprint density at radius 2 is 2.00 bits per heavy atom. The van der Waals surface area contributed by atoms with Gasteiger partial charge in [-0.2, -0.15) is 0 Å². The first-order valence-electron chi connectivity index (χ1n) is 6.16. The molecule has 1 aromatic carbocycles. The Morgan fingerprint density at radius 1 is 1.33 bits per heavy atom. The molecule has 0 spiro atoms. The molecule has 0 bridgehead atoms. The molecular weight excluding hydrogens is 228 g/mol. The summed E-state index contributed by atoms with van der Waals surface area (Å²) in [4.78, 5) is 14.1. The van der Waals surface area contributed by atoms with Crippen LogP contribution in [-0.2, 0) is 4.74 Å². The minimum atomic E-state index is 0.0127. The van der Waals surface area contributed by atoms with Crippen LogP contribution in [0.25, 0.3) is 0 Å². The maximum atomic E-state index is 12.4. The van der Waals surface area contributed by atoms with Crippen LogP contribution in [0.1, 0.15) is 28.4 Å². The van der Waals surface area contributed by atoms with Crippen molar-refractivity contribution in [1.82, 2.24) is 4.90 Å². The maximum Gasteiger partial charge on any atom is 0.254 e. The summed E-state index contributed by atoms with van der Waals surface area (Å²) in [5.74, 6) is 0.0127. The highest BCUT2D eigenvalue weighted by Crippen LogP contribution is 2.19. The molecule has 0 heterocycles. The molecule has 1 rings (SSSR count). The Kier molecular flexibility index (Phi) is 5.16. The van der Waals surface area contributed by atoms with Crippen LogP contribution in [0.4, 0.5) is 5.69 Å². The number of nitrogens with two attached hydrogens (primary N) is 1. The van der Waals surface area contributed by atoms with Gasteiger partial charge in [-0.3, -0.25) is 4.79 Å². The van der Waals surface area contributed by atoms with Gasteiger partial charge >= 0.3 is 0 Å². The van der Waals surface area contributed by atoms with Gasteiger partial charge < -0.3 is 15.4 Å². The van der Waals surface area contributed by atoms with Gasteiger partial charge in [0.1, 0.15) is 0 Å². The van der Waals surface area contributed by atoms with Crippen LogP contribution in [0.15, 0.2) is 12.1 Å². The highest BCUT2D eigenvalue weighted by Gasteiger charge is 2.16. The van der Waals surface area contributed by atoms with Crippen LogP contribution >= 0.6 is 0 Å². The number of ether oxygens (including phenoxy) is 1. The van der Waals surface area contributed by atoms with E-state index >= 15 is 0 Å². The van der Waals surface area contributed by atoms with Crippen LogP contribution < -0.4 is 5.73 Å². The number of anilines is 1. The van der Waals surface area contributed by atoms with E-state index < -0.39 is 0 Å². The zero-order valence-electron chi connectivity index (χ0n) is 11.6. The number of hydrogen-bond acceptors (Lipinski definition) is 3. The van der Waals surface area contributed by atoms with Crippen molar-refractivity contribution in [3.8, 4) is 0 Å². The van der Waals surface area contributed by atoms with Crippen LogP contribution in [0.2, 0.25) is 0 Å². The van der Waals surface area contributed by atoms with Gasteiger partial charge in [-0.05, 0) is 38.0 Å². The van der Waals surface area contributed by atoms with E-state index in [0.717, 1.165) is 11.1 Å². The lowest BCUT2D eigenvalue weighted by Crippen LogP contribution is -2.34. The van der Waals surface area contributed by atoms with E-state index in [9.17, 15) is 4.79 Å². The predicted octanol–water partition coefficient (Wildman–Crippen LogP) is 1.99. The van der Waals surface area contributed by atoms with Gasteiger partial charge in [-0.25, -0.2) is 0 Å². The number of benzene rings is 1. The van der Waals surface area contributed by atoms with Gasteiger partial charge in [0.05, 0.1) is 6.61 Å². The fourth-order valence-corrected chi connectivity index (χ4v) is 1.87. The molecule has 0 saturated carbocycles. The van der Waals surface area contributed by atoms with E-state index in [0.29, 0.717) is 30.9 Å². The van der Waals surface area contributed by atoms with E-state index in [-0.39, 0.29) is 5.91 Å². The number of nitrogens with zero attached hydrogens (tertiary/aromatic N) is 1. The molecule has 2 N–H and O–H groups in total. The molecule has 0 aromatic heterocycles. The first kappa shape index (κ1) is 14.5. The molecule has 0 aliphatic carbocycles. The molecule has 18 heavy (non-hydrogen) atoms. The average molecular weight is 250 g/mol. The molecule has 4 heteroatoms. The van der Waals surface area contributed by atoms with E-state index in [1.165, 1.54) is 0 Å². The number of hydrogen-bond donors (Lipinski definition) is 1. The number of carbonyl (C=O) groups excluding carboxylic acids is 1. The molecule has 0 atom stereocenters. The Morgan fingerprint density at radius 3 is 2.56 bits per heavy atom. The van der Waals surface area contributed by atoms with Gasteiger partial charge in [-0.1, -0.05) is 6.07 Å². The Bertz CT molecular complexity index is 430. The molecule has 100 valence electrons. The second-order valence-corrected chi connectivity index (χ2v) is 4.40. The highest BCUT2D eigenvalue weighted by atomic mass is 16.5. The summed E-state index contributed by atoms with van der Waals surface area (Å²) in [6.45, 7) is 7.64. The monoisotopic (exact) mass is 250 g/mol. The number of rotatable bonds is 5. The molecule has 0 saturated heterocycles. The maximum absolute atomic E-state index is 12.4. The van der Waals surface area contributed by atoms with Crippen LogP contribution in [-0.4, -0.2) is 37.6 Å². The predicted molar refractivity (Wildman–Crippen MR) is 73.8 cm³/mol. The van der Waals surface area contributed by atoms with Crippen LogP contribution in [0.5, 0.6) is 0 Å². The normalized spacial score (nSPS) is 10.4. The van der Waals surface area contributed by atoms with Gasteiger partial charge in [0.25, 0.3) is 5.91 Å². The lowest BCUT2D eigenvalue weighted by atomic mass is 10.0. The lowest BCUT2D eigenvalue weighted by Gasteiger charge is -2.22. The zero-order chi connectivity index (χ0) is 13.7. The number of aryl methyl sites for hydroxylation is 2. The van der Waals surface area contributed by atoms with Crippen molar-refractivity contribution < 1.29 is 9.53 Å². The van der Waals surface area contributed by atoms with Crippen molar-refractivity contribution in [2.45, 2.75) is 20.8 Å². The summed E-state index contributed by atoms with van der Waals surface area (Å²) >= 11 is 0. The van der Waals surface area contributed by atoms with Crippen molar-refractivity contribution in [3.63, 3.8) is 0 Å². The van der Waals surface area contributed by atoms with Crippen molar-refractivity contribution in [2.75, 3.05) is 32.5 Å². The topological polar surface area (TPSA) is 55.6 Å². The third-order valence-electron chi connectivity index (χ3n) is 3.08. The minimum absolute atomic E-state index is 0.0127. The van der Waals surface area contributed by atoms with E-state index in [1.807, 2.05) is 26.8 Å². The second kappa shape index (κ2) is 6.40. The zero-order valence-corrected chi connectivity index (χ0v) is 11.6. The minimum Gasteiger partial charge on any atom is -0.398 e. The van der Waals surface area contributed by atoms with E-state index in [4.69, 9.17) is 10.5 Å². The summed E-state index contributed by atoms with van der Waals surface area (Å²) in [6.07, 6.45) is 0. The average Bonchev–Trinajstić information content (AvgIpc) is 2.34. The summed E-state index contributed by atoms with van der Waals surface area (Å²) in [6, 6.07) is 3.72. The Labute approximate surface area is 109 Å². The molecular formula is C14H22N2O2. The third kappa shape index (κ3) is 3.23. The fourth-order valence-electron chi connectivity index (χ4n) is 1.87. The molecule has 0 unspecified atom stereocenters. The van der Waals surface area contributed by atoms with Gasteiger partial charge in [0.2, 0.25) is 0 Å². The SMILES string of the molecule is CCN(CCOC)C(=O)c1cc(N)c(C)cc1C. The molecule has 0 radical (unpaired) electrons. The van der Waals surface area contributed by atoms with E-state index in [2.05, 4.69) is 0 Å². The molecule has 1 aromatic rings. The summed E-state index contributed by atoms with van der Waals surface area (Å²) in [5.41, 5.74) is 9.17. The summed E-state index contributed by atoms with van der Waals surface area (Å²) < 4.78 is 5.01. The largest absolute Gasteiger partial charge is 0.398 e. The van der Waals surface area contributed by atoms with E-state index in [1.54, 1.807) is 18.1 Å². The quantitative estimate of drug-likeness (QED) is 0.813. The highest BCUT2D eigenvalue weighted by molar-refractivity contribution is 5.96. The number of nitrogen functional groups attached to an aromatic ring is 1. The number of methoxy groups -OCH3 is 1. The smallest absolute Gasteiger partial charge is 0.254 e.